The molecule has 1 aliphatic rings. The van der Waals surface area contributed by atoms with E-state index in [1.807, 2.05) is 0 Å². The van der Waals surface area contributed by atoms with Crippen molar-refractivity contribution in [1.29, 1.82) is 0 Å². The number of nitrogens with one attached hydrogen (secondary N) is 1. The number of pyridine rings is 1. The standard InChI is InChI=1S/C25H37N7O4SSi/c1-17-13-25(3,4)31(14-17)23-19(24(33)29-37(34,35)20-15-30(5)27-18(20)2)9-10-21(26-23)32-12-11-22(28-32)36-16-38(6,7)8/h9-12,15,17H,13-14,16H2,1-8H3,(H,29,33)/t17-/m0/s1. The molecule has 0 aliphatic carbocycles. The SMILES string of the molecule is Cc1nn(C)cc1S(=O)(=O)NC(=O)c1ccc(-n2ccc(OC[Si](C)(C)C)n2)nc1N1C[C@@H](C)CC1(C)C. The third-order valence-electron chi connectivity index (χ3n) is 6.37. The van der Waals surface area contributed by atoms with Gasteiger partial charge in [-0.05, 0) is 45.2 Å². The predicted octanol–water partition coefficient (Wildman–Crippen LogP) is 3.31. The zero-order valence-corrected chi connectivity index (χ0v) is 25.1. The van der Waals surface area contributed by atoms with Crippen LogP contribution in [0.1, 0.15) is 43.2 Å². The first-order valence-corrected chi connectivity index (χ1v) is 17.8. The predicted molar refractivity (Wildman–Crippen MR) is 148 cm³/mol. The van der Waals surface area contributed by atoms with E-state index < -0.39 is 24.0 Å². The molecule has 0 unspecified atom stereocenters. The Balaban J connectivity index is 1.71. The van der Waals surface area contributed by atoms with E-state index in [-0.39, 0.29) is 16.0 Å². The fourth-order valence-electron chi connectivity index (χ4n) is 4.78. The van der Waals surface area contributed by atoms with Gasteiger partial charge in [-0.2, -0.15) is 5.10 Å². The maximum atomic E-state index is 13.4. The van der Waals surface area contributed by atoms with E-state index >= 15 is 0 Å². The summed E-state index contributed by atoms with van der Waals surface area (Å²) in [6, 6.07) is 5.04. The molecule has 0 radical (unpaired) electrons. The summed E-state index contributed by atoms with van der Waals surface area (Å²) in [5, 5.41) is 8.60. The normalized spacial score (nSPS) is 17.6. The van der Waals surface area contributed by atoms with Gasteiger partial charge in [0.1, 0.15) is 10.7 Å². The molecular formula is C25H37N7O4SSi. The van der Waals surface area contributed by atoms with Crippen molar-refractivity contribution in [3.63, 3.8) is 0 Å². The molecule has 13 heteroatoms. The van der Waals surface area contributed by atoms with E-state index in [2.05, 4.69) is 60.2 Å². The van der Waals surface area contributed by atoms with E-state index in [0.29, 0.717) is 41.9 Å². The Kier molecular flexibility index (Phi) is 7.21. The van der Waals surface area contributed by atoms with Crippen LogP contribution in [0.5, 0.6) is 5.88 Å². The quantitative estimate of drug-likeness (QED) is 0.417. The second kappa shape index (κ2) is 9.84. The van der Waals surface area contributed by atoms with E-state index in [1.165, 1.54) is 10.9 Å². The lowest BCUT2D eigenvalue weighted by Gasteiger charge is -2.34. The Morgan fingerprint density at radius 2 is 1.92 bits per heavy atom. The minimum absolute atomic E-state index is 0.0445. The average Bonchev–Trinajstić information content (AvgIpc) is 3.47. The van der Waals surface area contributed by atoms with Crippen LogP contribution in [0, 0.1) is 12.8 Å². The number of hydrogen-bond acceptors (Lipinski definition) is 8. The molecule has 1 saturated heterocycles. The molecule has 0 spiro atoms. The second-order valence-corrected chi connectivity index (χ2v) is 19.0. The van der Waals surface area contributed by atoms with Gasteiger partial charge in [0.2, 0.25) is 5.88 Å². The molecule has 1 aliphatic heterocycles. The Morgan fingerprint density at radius 1 is 1.21 bits per heavy atom. The minimum atomic E-state index is -4.13. The van der Waals surface area contributed by atoms with Gasteiger partial charge in [0, 0.05) is 37.6 Å². The molecule has 4 rings (SSSR count). The van der Waals surface area contributed by atoms with Crippen LogP contribution in [0.15, 0.2) is 35.5 Å². The van der Waals surface area contributed by atoms with Crippen molar-refractivity contribution in [1.82, 2.24) is 29.3 Å². The summed E-state index contributed by atoms with van der Waals surface area (Å²) in [7, 11) is -3.93. The van der Waals surface area contributed by atoms with Gasteiger partial charge < -0.3 is 9.64 Å². The lowest BCUT2D eigenvalue weighted by molar-refractivity contribution is 0.0981. The minimum Gasteiger partial charge on any atom is -0.480 e. The van der Waals surface area contributed by atoms with Gasteiger partial charge >= 0.3 is 0 Å². The van der Waals surface area contributed by atoms with E-state index in [0.717, 1.165) is 6.42 Å². The number of carbonyl (C=O) groups excluding carboxylic acids is 1. The fourth-order valence-corrected chi connectivity index (χ4v) is 6.55. The van der Waals surface area contributed by atoms with Gasteiger partial charge in [-0.15, -0.1) is 5.10 Å². The van der Waals surface area contributed by atoms with Gasteiger partial charge in [-0.25, -0.2) is 22.8 Å². The second-order valence-electron chi connectivity index (χ2n) is 11.9. The number of sulfonamides is 1. The number of amides is 1. The Bertz CT molecular complexity index is 1460. The summed E-state index contributed by atoms with van der Waals surface area (Å²) >= 11 is 0. The molecule has 3 aromatic heterocycles. The van der Waals surface area contributed by atoms with Crippen molar-refractivity contribution >= 4 is 29.8 Å². The van der Waals surface area contributed by atoms with Crippen molar-refractivity contribution in [3.8, 4) is 11.7 Å². The molecule has 4 heterocycles. The van der Waals surface area contributed by atoms with Crippen molar-refractivity contribution in [2.45, 2.75) is 64.2 Å². The maximum Gasteiger partial charge on any atom is 0.268 e. The van der Waals surface area contributed by atoms with Crippen LogP contribution in [0.25, 0.3) is 5.82 Å². The van der Waals surface area contributed by atoms with Crippen molar-refractivity contribution in [3.05, 3.63) is 41.9 Å². The third kappa shape index (κ3) is 5.93. The zero-order valence-electron chi connectivity index (χ0n) is 23.3. The molecule has 0 bridgehead atoms. The van der Waals surface area contributed by atoms with E-state index in [4.69, 9.17) is 9.72 Å². The molecule has 1 fully saturated rings. The van der Waals surface area contributed by atoms with Crippen molar-refractivity contribution < 1.29 is 17.9 Å². The molecule has 38 heavy (non-hydrogen) atoms. The number of ether oxygens (including phenoxy) is 1. The number of aromatic nitrogens is 5. The molecule has 11 nitrogen and oxygen atoms in total. The average molecular weight is 560 g/mol. The summed E-state index contributed by atoms with van der Waals surface area (Å²) in [6.45, 7) is 15.3. The molecular weight excluding hydrogens is 522 g/mol. The van der Waals surface area contributed by atoms with Crippen LogP contribution in [0.2, 0.25) is 19.6 Å². The summed E-state index contributed by atoms with van der Waals surface area (Å²) in [5.41, 5.74) is 0.194. The number of aryl methyl sites for hydroxylation is 2. The molecule has 0 aromatic carbocycles. The fraction of sp³-hybridized carbons (Fsp3) is 0.520. The molecule has 3 aromatic rings. The van der Waals surface area contributed by atoms with E-state index in [9.17, 15) is 13.2 Å². The van der Waals surface area contributed by atoms with Crippen LogP contribution in [0.3, 0.4) is 0 Å². The Hall–Kier alpha value is -3.19. The third-order valence-corrected chi connectivity index (χ3v) is 8.82. The summed E-state index contributed by atoms with van der Waals surface area (Å²) in [4.78, 5) is 20.3. The van der Waals surface area contributed by atoms with Crippen molar-refractivity contribution in [2.24, 2.45) is 13.0 Å². The molecule has 1 atom stereocenters. The summed E-state index contributed by atoms with van der Waals surface area (Å²) < 4.78 is 37.2. The van der Waals surface area contributed by atoms with Gasteiger partial charge in [-0.1, -0.05) is 26.6 Å². The van der Waals surface area contributed by atoms with Gasteiger partial charge in [-0.3, -0.25) is 9.48 Å². The van der Waals surface area contributed by atoms with Crippen molar-refractivity contribution in [2.75, 3.05) is 17.7 Å². The Morgan fingerprint density at radius 3 is 2.50 bits per heavy atom. The van der Waals surface area contributed by atoms with Gasteiger partial charge in [0.05, 0.1) is 25.6 Å². The number of hydrogen-bond donors (Lipinski definition) is 1. The largest absolute Gasteiger partial charge is 0.480 e. The van der Waals surface area contributed by atoms with Crippen LogP contribution in [-0.2, 0) is 17.1 Å². The highest BCUT2D eigenvalue weighted by Gasteiger charge is 2.39. The maximum absolute atomic E-state index is 13.4. The highest BCUT2D eigenvalue weighted by molar-refractivity contribution is 7.90. The first kappa shape index (κ1) is 27.8. The first-order valence-electron chi connectivity index (χ1n) is 12.6. The van der Waals surface area contributed by atoms with Gasteiger partial charge in [0.25, 0.3) is 15.9 Å². The summed E-state index contributed by atoms with van der Waals surface area (Å²) in [6.07, 6.45) is 4.69. The van der Waals surface area contributed by atoms with Gasteiger partial charge in [0.15, 0.2) is 5.82 Å². The highest BCUT2D eigenvalue weighted by Crippen LogP contribution is 2.37. The van der Waals surface area contributed by atoms with E-state index in [1.54, 1.807) is 43.0 Å². The van der Waals surface area contributed by atoms with Crippen LogP contribution < -0.4 is 14.4 Å². The molecule has 0 saturated carbocycles. The van der Waals surface area contributed by atoms with Crippen LogP contribution in [0.4, 0.5) is 5.82 Å². The molecule has 206 valence electrons. The zero-order chi connectivity index (χ0) is 28.0. The number of carbonyl (C=O) groups is 1. The highest BCUT2D eigenvalue weighted by atomic mass is 32.2. The number of rotatable bonds is 8. The Labute approximate surface area is 225 Å². The number of anilines is 1. The smallest absolute Gasteiger partial charge is 0.268 e. The lowest BCUT2D eigenvalue weighted by atomic mass is 9.97. The lowest BCUT2D eigenvalue weighted by Crippen LogP contribution is -2.41. The monoisotopic (exact) mass is 559 g/mol. The van der Waals surface area contributed by atoms with Crippen LogP contribution >= 0.6 is 0 Å². The van der Waals surface area contributed by atoms with Crippen LogP contribution in [-0.4, -0.2) is 65.3 Å². The molecule has 1 amide bonds. The first-order chi connectivity index (χ1) is 17.6. The molecule has 1 N–H and O–H groups in total. The summed E-state index contributed by atoms with van der Waals surface area (Å²) in [5.74, 6) is 1.04. The topological polar surface area (TPSA) is 124 Å². The number of nitrogens with zero attached hydrogens (tertiary/aromatic N) is 6.